The maximum Gasteiger partial charge on any atom is 0.271 e. The first-order valence-electron chi connectivity index (χ1n) is 7.07. The number of carbonyl (C=O) groups is 1. The van der Waals surface area contributed by atoms with Gasteiger partial charge < -0.3 is 10.2 Å². The lowest BCUT2D eigenvalue weighted by atomic mass is 10.3. The number of nitrogens with zero attached hydrogens (tertiary/aromatic N) is 3. The largest absolute Gasteiger partial charge is 0.348 e. The zero-order chi connectivity index (χ0) is 15.2. The van der Waals surface area contributed by atoms with Crippen molar-refractivity contribution in [1.82, 2.24) is 15.3 Å². The Hall–Kier alpha value is -2.43. The number of hydrogen-bond donors (Lipinski definition) is 1. The topological polar surface area (TPSA) is 58.1 Å². The standard InChI is InChI=1S/C16H20N4O/c1-4-20(13-8-6-5-7-9-13)15-11-17-14(10-18-15)16(21)19-12(2)3/h5-12H,4H2,1-3H3,(H,19,21). The van der Waals surface area contributed by atoms with E-state index in [4.69, 9.17) is 0 Å². The summed E-state index contributed by atoms with van der Waals surface area (Å²) in [6.45, 7) is 6.64. The average Bonchev–Trinajstić information content (AvgIpc) is 2.49. The Morgan fingerprint density at radius 1 is 1.19 bits per heavy atom. The van der Waals surface area contributed by atoms with Crippen LogP contribution in [0.25, 0.3) is 0 Å². The van der Waals surface area contributed by atoms with Gasteiger partial charge in [-0.25, -0.2) is 9.97 Å². The molecule has 5 nitrogen and oxygen atoms in total. The van der Waals surface area contributed by atoms with Crippen molar-refractivity contribution in [3.63, 3.8) is 0 Å². The predicted molar refractivity (Wildman–Crippen MR) is 83.8 cm³/mol. The van der Waals surface area contributed by atoms with Crippen molar-refractivity contribution < 1.29 is 4.79 Å². The lowest BCUT2D eigenvalue weighted by Crippen LogP contribution is -2.31. The highest BCUT2D eigenvalue weighted by Gasteiger charge is 2.12. The molecule has 1 aromatic carbocycles. The number of nitrogens with one attached hydrogen (secondary N) is 1. The van der Waals surface area contributed by atoms with Crippen LogP contribution in [-0.4, -0.2) is 28.5 Å². The van der Waals surface area contributed by atoms with Crippen molar-refractivity contribution in [1.29, 1.82) is 0 Å². The summed E-state index contributed by atoms with van der Waals surface area (Å²) in [5.41, 5.74) is 1.38. The maximum absolute atomic E-state index is 11.8. The van der Waals surface area contributed by atoms with Crippen LogP contribution in [0.4, 0.5) is 11.5 Å². The third-order valence-electron chi connectivity index (χ3n) is 2.95. The minimum atomic E-state index is -0.202. The number of hydrogen-bond acceptors (Lipinski definition) is 4. The molecule has 1 amide bonds. The number of amides is 1. The van der Waals surface area contributed by atoms with E-state index >= 15 is 0 Å². The average molecular weight is 284 g/mol. The molecule has 0 aliphatic rings. The van der Waals surface area contributed by atoms with E-state index in [9.17, 15) is 4.79 Å². The highest BCUT2D eigenvalue weighted by molar-refractivity contribution is 5.92. The normalized spacial score (nSPS) is 10.5. The van der Waals surface area contributed by atoms with Crippen molar-refractivity contribution in [2.75, 3.05) is 11.4 Å². The molecule has 2 aromatic rings. The SMILES string of the molecule is CCN(c1ccccc1)c1cnc(C(=O)NC(C)C)cn1. The summed E-state index contributed by atoms with van der Waals surface area (Å²) >= 11 is 0. The molecule has 0 saturated carbocycles. The Labute approximate surface area is 125 Å². The van der Waals surface area contributed by atoms with Gasteiger partial charge in [-0.2, -0.15) is 0 Å². The number of para-hydroxylation sites is 1. The molecule has 0 spiro atoms. The predicted octanol–water partition coefficient (Wildman–Crippen LogP) is 2.77. The van der Waals surface area contributed by atoms with Gasteiger partial charge in [0, 0.05) is 18.3 Å². The molecule has 110 valence electrons. The molecule has 1 heterocycles. The van der Waals surface area contributed by atoms with Crippen molar-refractivity contribution in [2.45, 2.75) is 26.8 Å². The molecule has 0 bridgehead atoms. The Bertz CT molecular complexity index is 581. The highest BCUT2D eigenvalue weighted by Crippen LogP contribution is 2.21. The van der Waals surface area contributed by atoms with Gasteiger partial charge in [0.15, 0.2) is 5.82 Å². The number of aromatic nitrogens is 2. The van der Waals surface area contributed by atoms with Gasteiger partial charge in [0.05, 0.1) is 12.4 Å². The van der Waals surface area contributed by atoms with E-state index in [1.807, 2.05) is 56.0 Å². The third kappa shape index (κ3) is 3.78. The second-order valence-electron chi connectivity index (χ2n) is 4.97. The van der Waals surface area contributed by atoms with E-state index in [1.165, 1.54) is 6.20 Å². The lowest BCUT2D eigenvalue weighted by molar-refractivity contribution is 0.0937. The molecule has 1 N–H and O–H groups in total. The van der Waals surface area contributed by atoms with Gasteiger partial charge in [0.25, 0.3) is 5.91 Å². The Kier molecular flexibility index (Phi) is 4.87. The Morgan fingerprint density at radius 2 is 1.90 bits per heavy atom. The number of rotatable bonds is 5. The van der Waals surface area contributed by atoms with Gasteiger partial charge in [-0.05, 0) is 32.9 Å². The Balaban J connectivity index is 2.19. The van der Waals surface area contributed by atoms with Crippen LogP contribution >= 0.6 is 0 Å². The smallest absolute Gasteiger partial charge is 0.271 e. The molecule has 5 heteroatoms. The summed E-state index contributed by atoms with van der Waals surface area (Å²) in [5.74, 6) is 0.525. The number of carbonyl (C=O) groups excluding carboxylic acids is 1. The number of benzene rings is 1. The summed E-state index contributed by atoms with van der Waals surface area (Å²) in [6.07, 6.45) is 3.14. The van der Waals surface area contributed by atoms with Crippen LogP contribution in [0.15, 0.2) is 42.7 Å². The minimum Gasteiger partial charge on any atom is -0.348 e. The van der Waals surface area contributed by atoms with E-state index in [0.29, 0.717) is 5.69 Å². The van der Waals surface area contributed by atoms with Crippen molar-refractivity contribution in [3.05, 3.63) is 48.4 Å². The van der Waals surface area contributed by atoms with Crippen LogP contribution in [-0.2, 0) is 0 Å². The summed E-state index contributed by atoms with van der Waals surface area (Å²) in [6, 6.07) is 10.1. The first-order valence-corrected chi connectivity index (χ1v) is 7.07. The van der Waals surface area contributed by atoms with Crippen LogP contribution in [0.2, 0.25) is 0 Å². The van der Waals surface area contributed by atoms with Gasteiger partial charge >= 0.3 is 0 Å². The highest BCUT2D eigenvalue weighted by atomic mass is 16.1. The first kappa shape index (κ1) is 15.0. The second-order valence-corrected chi connectivity index (χ2v) is 4.97. The number of anilines is 2. The van der Waals surface area contributed by atoms with E-state index in [1.54, 1.807) is 6.20 Å². The van der Waals surface area contributed by atoms with Crippen molar-refractivity contribution >= 4 is 17.4 Å². The van der Waals surface area contributed by atoms with Crippen LogP contribution in [0.5, 0.6) is 0 Å². The fourth-order valence-electron chi connectivity index (χ4n) is 2.00. The molecule has 21 heavy (non-hydrogen) atoms. The van der Waals surface area contributed by atoms with Gasteiger partial charge in [0.2, 0.25) is 0 Å². The molecule has 0 unspecified atom stereocenters. The quantitative estimate of drug-likeness (QED) is 0.917. The monoisotopic (exact) mass is 284 g/mol. The molecule has 0 atom stereocenters. The molecular weight excluding hydrogens is 264 g/mol. The van der Waals surface area contributed by atoms with Crippen LogP contribution in [0.1, 0.15) is 31.3 Å². The van der Waals surface area contributed by atoms with E-state index < -0.39 is 0 Å². The fraction of sp³-hybridized carbons (Fsp3) is 0.312. The lowest BCUT2D eigenvalue weighted by Gasteiger charge is -2.21. The summed E-state index contributed by atoms with van der Waals surface area (Å²) in [5, 5.41) is 2.80. The second kappa shape index (κ2) is 6.83. The van der Waals surface area contributed by atoms with Gasteiger partial charge in [-0.15, -0.1) is 0 Å². The van der Waals surface area contributed by atoms with E-state index in [2.05, 4.69) is 15.3 Å². The fourth-order valence-corrected chi connectivity index (χ4v) is 2.00. The third-order valence-corrected chi connectivity index (χ3v) is 2.95. The van der Waals surface area contributed by atoms with Crippen LogP contribution in [0.3, 0.4) is 0 Å². The molecule has 2 rings (SSSR count). The molecule has 0 aliphatic heterocycles. The summed E-state index contributed by atoms with van der Waals surface area (Å²) in [4.78, 5) is 22.5. The molecule has 0 saturated heterocycles. The van der Waals surface area contributed by atoms with E-state index in [0.717, 1.165) is 18.1 Å². The van der Waals surface area contributed by atoms with Gasteiger partial charge in [-0.1, -0.05) is 18.2 Å². The zero-order valence-electron chi connectivity index (χ0n) is 12.6. The summed E-state index contributed by atoms with van der Waals surface area (Å²) < 4.78 is 0. The van der Waals surface area contributed by atoms with Gasteiger partial charge in [-0.3, -0.25) is 4.79 Å². The molecule has 0 fully saturated rings. The zero-order valence-corrected chi connectivity index (χ0v) is 12.6. The molecule has 1 aromatic heterocycles. The molecule has 0 aliphatic carbocycles. The van der Waals surface area contributed by atoms with Crippen molar-refractivity contribution in [2.24, 2.45) is 0 Å². The minimum absolute atomic E-state index is 0.0791. The van der Waals surface area contributed by atoms with E-state index in [-0.39, 0.29) is 11.9 Å². The first-order chi connectivity index (χ1) is 10.1. The van der Waals surface area contributed by atoms with Crippen LogP contribution in [0, 0.1) is 0 Å². The maximum atomic E-state index is 11.8. The summed E-state index contributed by atoms with van der Waals surface area (Å²) in [7, 11) is 0. The molecule has 0 radical (unpaired) electrons. The Morgan fingerprint density at radius 3 is 2.43 bits per heavy atom. The van der Waals surface area contributed by atoms with Crippen LogP contribution < -0.4 is 10.2 Å². The van der Waals surface area contributed by atoms with Gasteiger partial charge in [0.1, 0.15) is 5.69 Å². The van der Waals surface area contributed by atoms with Crippen molar-refractivity contribution in [3.8, 4) is 0 Å². The molecular formula is C16H20N4O.